The Balaban J connectivity index is 1.37. The van der Waals surface area contributed by atoms with E-state index < -0.39 is 0 Å². The topological polar surface area (TPSA) is 20.2 Å². The predicted octanol–water partition coefficient (Wildman–Crippen LogP) is 8.02. The summed E-state index contributed by atoms with van der Waals surface area (Å²) in [5.41, 5.74) is 3.76. The van der Waals surface area contributed by atoms with Crippen molar-refractivity contribution in [2.45, 2.75) is 118 Å². The van der Waals surface area contributed by atoms with Crippen molar-refractivity contribution in [2.75, 3.05) is 0 Å². The van der Waals surface area contributed by atoms with Crippen molar-refractivity contribution in [2.24, 2.45) is 57.2 Å². The van der Waals surface area contributed by atoms with E-state index in [-0.39, 0.29) is 6.10 Å². The lowest BCUT2D eigenvalue weighted by Crippen LogP contribution is -2.55. The molecule has 0 heterocycles. The highest BCUT2D eigenvalue weighted by Crippen LogP contribution is 2.88. The van der Waals surface area contributed by atoms with Crippen LogP contribution in [0.3, 0.4) is 0 Å². The van der Waals surface area contributed by atoms with Crippen LogP contribution in [0.4, 0.5) is 0 Å². The molecule has 1 heteroatoms. The zero-order valence-corrected chi connectivity index (χ0v) is 21.5. The fourth-order valence-corrected chi connectivity index (χ4v) is 10.9. The summed E-state index contributed by atoms with van der Waals surface area (Å²) in [7, 11) is 0. The van der Waals surface area contributed by atoms with Gasteiger partial charge in [0, 0.05) is 0 Å². The monoisotopic (exact) mass is 426 g/mol. The molecule has 10 atom stereocenters. The molecule has 0 aromatic carbocycles. The van der Waals surface area contributed by atoms with Gasteiger partial charge in [0.1, 0.15) is 0 Å². The minimum atomic E-state index is -0.0356. The zero-order valence-electron chi connectivity index (χ0n) is 21.5. The second-order valence-electron chi connectivity index (χ2n) is 14.0. The average molecular weight is 427 g/mol. The van der Waals surface area contributed by atoms with Gasteiger partial charge in [0.25, 0.3) is 0 Å². The summed E-state index contributed by atoms with van der Waals surface area (Å²) in [5.74, 6) is 4.63. The molecule has 0 saturated heterocycles. The van der Waals surface area contributed by atoms with E-state index in [1.54, 1.807) is 0 Å². The molecule has 2 unspecified atom stereocenters. The van der Waals surface area contributed by atoms with E-state index in [1.165, 1.54) is 69.8 Å². The lowest BCUT2D eigenvalue weighted by atomic mass is 9.43. The van der Waals surface area contributed by atoms with Crippen LogP contribution in [0.5, 0.6) is 0 Å². The van der Waals surface area contributed by atoms with E-state index in [4.69, 9.17) is 0 Å². The first-order valence-corrected chi connectivity index (χ1v) is 13.9. The van der Waals surface area contributed by atoms with E-state index in [2.05, 4.69) is 48.1 Å². The summed E-state index contributed by atoms with van der Waals surface area (Å²) >= 11 is 0. The van der Waals surface area contributed by atoms with Crippen LogP contribution in [0.25, 0.3) is 0 Å². The molecule has 1 N–H and O–H groups in total. The van der Waals surface area contributed by atoms with Crippen LogP contribution in [-0.4, -0.2) is 11.2 Å². The van der Waals surface area contributed by atoms with Crippen LogP contribution in [0.15, 0.2) is 12.2 Å². The number of allylic oxidation sites excluding steroid dienone is 1. The molecule has 0 aromatic heterocycles. The Labute approximate surface area is 192 Å². The maximum Gasteiger partial charge on any atom is 0.0568 e. The van der Waals surface area contributed by atoms with Gasteiger partial charge in [-0.3, -0.25) is 0 Å². The molecule has 2 spiro atoms. The molecule has 5 rings (SSSR count). The van der Waals surface area contributed by atoms with Crippen LogP contribution in [0.2, 0.25) is 0 Å². The molecule has 176 valence electrons. The number of aliphatic hydroxyl groups excluding tert-OH is 1. The summed E-state index contributed by atoms with van der Waals surface area (Å²) in [5, 5.41) is 10.6. The molecule has 0 amide bonds. The summed E-state index contributed by atoms with van der Waals surface area (Å²) in [4.78, 5) is 0. The number of rotatable bonds is 5. The molecule has 0 bridgehead atoms. The molecule has 1 nitrogen and oxygen atoms in total. The van der Waals surface area contributed by atoms with E-state index in [0.717, 1.165) is 30.1 Å². The minimum absolute atomic E-state index is 0.0356. The first-order valence-electron chi connectivity index (χ1n) is 13.9. The van der Waals surface area contributed by atoms with Crippen molar-refractivity contribution in [1.29, 1.82) is 0 Å². The second kappa shape index (κ2) is 7.10. The van der Waals surface area contributed by atoms with Gasteiger partial charge < -0.3 is 5.11 Å². The maximum absolute atomic E-state index is 10.6. The van der Waals surface area contributed by atoms with Gasteiger partial charge in [0.15, 0.2) is 0 Å². The molecule has 5 aliphatic carbocycles. The molecular formula is C30H50O. The second-order valence-corrected chi connectivity index (χ2v) is 14.0. The summed E-state index contributed by atoms with van der Waals surface area (Å²) in [6, 6.07) is 0. The third-order valence-corrected chi connectivity index (χ3v) is 13.1. The van der Waals surface area contributed by atoms with Crippen LogP contribution in [0.1, 0.15) is 112 Å². The number of hydrogen-bond donors (Lipinski definition) is 1. The van der Waals surface area contributed by atoms with Gasteiger partial charge in [0.05, 0.1) is 6.10 Å². The third kappa shape index (κ3) is 2.77. The van der Waals surface area contributed by atoms with Gasteiger partial charge in [-0.25, -0.2) is 0 Å². The summed E-state index contributed by atoms with van der Waals surface area (Å²) in [6.45, 7) is 19.4. The quantitative estimate of drug-likeness (QED) is 0.441. The highest BCUT2D eigenvalue weighted by atomic mass is 16.3. The van der Waals surface area contributed by atoms with Gasteiger partial charge >= 0.3 is 0 Å². The molecular weight excluding hydrogens is 376 g/mol. The highest BCUT2D eigenvalue weighted by molar-refractivity contribution is 5.29. The van der Waals surface area contributed by atoms with Crippen molar-refractivity contribution in [3.63, 3.8) is 0 Å². The third-order valence-electron chi connectivity index (χ3n) is 13.1. The Morgan fingerprint density at radius 1 is 0.935 bits per heavy atom. The Kier molecular flexibility index (Phi) is 5.15. The Bertz CT molecular complexity index is 739. The Morgan fingerprint density at radius 2 is 1.68 bits per heavy atom. The van der Waals surface area contributed by atoms with Crippen LogP contribution in [0, 0.1) is 57.2 Å². The number of fused-ring (bicyclic) bond motifs is 2. The van der Waals surface area contributed by atoms with Gasteiger partial charge in [-0.2, -0.15) is 0 Å². The van der Waals surface area contributed by atoms with Crippen molar-refractivity contribution in [3.8, 4) is 0 Å². The summed E-state index contributed by atoms with van der Waals surface area (Å²) < 4.78 is 0. The van der Waals surface area contributed by atoms with Crippen molar-refractivity contribution in [1.82, 2.24) is 0 Å². The van der Waals surface area contributed by atoms with Gasteiger partial charge in [0.2, 0.25) is 0 Å². The zero-order chi connectivity index (χ0) is 22.4. The first-order chi connectivity index (χ1) is 14.5. The van der Waals surface area contributed by atoms with Crippen LogP contribution < -0.4 is 0 Å². The Morgan fingerprint density at radius 3 is 2.39 bits per heavy atom. The van der Waals surface area contributed by atoms with Crippen molar-refractivity contribution < 1.29 is 5.11 Å². The van der Waals surface area contributed by atoms with E-state index in [0.29, 0.717) is 33.5 Å². The normalized spacial score (nSPS) is 53.9. The van der Waals surface area contributed by atoms with Gasteiger partial charge in [-0.1, -0.05) is 53.7 Å². The standard InChI is InChI=1S/C30H50O/c1-19(2)20(3)8-9-21(4)23-12-14-28(7)26-11-10-24-22(5)25(31)13-15-29(24)18-30(26,29)17-16-27(23,28)6/h19,21-26,31H,3,8-18H2,1-2,4-7H3/t21-,22+,23?,24+,25+,26+,27-,28+,29-,30?/m1/s1. The largest absolute Gasteiger partial charge is 0.393 e. The molecule has 5 saturated carbocycles. The lowest BCUT2D eigenvalue weighted by molar-refractivity contribution is -0.142. The fourth-order valence-electron chi connectivity index (χ4n) is 10.9. The van der Waals surface area contributed by atoms with Crippen molar-refractivity contribution >= 4 is 0 Å². The molecule has 31 heavy (non-hydrogen) atoms. The molecule has 0 aromatic rings. The van der Waals surface area contributed by atoms with Crippen LogP contribution in [-0.2, 0) is 0 Å². The number of hydrogen-bond acceptors (Lipinski definition) is 1. The fraction of sp³-hybridized carbons (Fsp3) is 0.933. The van der Waals surface area contributed by atoms with Crippen LogP contribution >= 0.6 is 0 Å². The molecule has 0 radical (unpaired) electrons. The maximum atomic E-state index is 10.6. The van der Waals surface area contributed by atoms with E-state index in [1.807, 2.05) is 0 Å². The molecule has 5 fully saturated rings. The predicted molar refractivity (Wildman–Crippen MR) is 131 cm³/mol. The molecule has 5 aliphatic rings. The lowest BCUT2D eigenvalue weighted by Gasteiger charge is -2.62. The summed E-state index contributed by atoms with van der Waals surface area (Å²) in [6.07, 6.45) is 15.1. The Hall–Kier alpha value is -0.300. The SMILES string of the molecule is C=C(CC[C@@H](C)C1CC[C@@]2(C)[C@@H]3CC[C@H]4[C@H](C)[C@@H](O)CC[C@@]45CC35CC[C@]12C)C(C)C. The van der Waals surface area contributed by atoms with E-state index in [9.17, 15) is 5.11 Å². The molecule has 0 aliphatic heterocycles. The van der Waals surface area contributed by atoms with E-state index >= 15 is 0 Å². The van der Waals surface area contributed by atoms with Gasteiger partial charge in [-0.05, 0) is 128 Å². The smallest absolute Gasteiger partial charge is 0.0568 e. The van der Waals surface area contributed by atoms with Gasteiger partial charge in [-0.15, -0.1) is 0 Å². The highest BCUT2D eigenvalue weighted by Gasteiger charge is 2.81. The first kappa shape index (κ1) is 22.5. The average Bonchev–Trinajstić information content (AvgIpc) is 3.31. The number of aliphatic hydroxyl groups is 1. The van der Waals surface area contributed by atoms with Crippen molar-refractivity contribution in [3.05, 3.63) is 12.2 Å². The minimum Gasteiger partial charge on any atom is -0.393 e.